The van der Waals surface area contributed by atoms with E-state index in [0.29, 0.717) is 12.2 Å². The third-order valence-electron chi connectivity index (χ3n) is 1.87. The second kappa shape index (κ2) is 3.75. The van der Waals surface area contributed by atoms with Gasteiger partial charge < -0.3 is 4.74 Å². The minimum absolute atomic E-state index is 0.272. The number of fused-ring (bicyclic) bond motifs is 1. The van der Waals surface area contributed by atoms with Gasteiger partial charge in [-0.05, 0) is 13.0 Å². The van der Waals surface area contributed by atoms with Gasteiger partial charge in [0.25, 0.3) is 0 Å². The van der Waals surface area contributed by atoms with Crippen molar-refractivity contribution in [1.29, 1.82) is 0 Å². The molecule has 3 nitrogen and oxygen atoms in total. The van der Waals surface area contributed by atoms with Crippen molar-refractivity contribution in [3.63, 3.8) is 0 Å². The first-order chi connectivity index (χ1) is 6.83. The fourth-order valence-electron chi connectivity index (χ4n) is 1.24. The summed E-state index contributed by atoms with van der Waals surface area (Å²) in [5.74, 6) is -0.272. The molecule has 0 aliphatic rings. The van der Waals surface area contributed by atoms with E-state index in [4.69, 9.17) is 4.74 Å². The lowest BCUT2D eigenvalue weighted by molar-refractivity contribution is 0.0529. The smallest absolute Gasteiger partial charge is 0.339 e. The summed E-state index contributed by atoms with van der Waals surface area (Å²) in [6.07, 6.45) is 3.41. The number of thiophene rings is 1. The van der Waals surface area contributed by atoms with Crippen molar-refractivity contribution < 1.29 is 9.53 Å². The van der Waals surface area contributed by atoms with Crippen LogP contribution in [0, 0.1) is 0 Å². The fraction of sp³-hybridized carbons (Fsp3) is 0.200. The van der Waals surface area contributed by atoms with Gasteiger partial charge in [0.15, 0.2) is 0 Å². The predicted octanol–water partition coefficient (Wildman–Crippen LogP) is 2.47. The van der Waals surface area contributed by atoms with Crippen LogP contribution in [0.15, 0.2) is 23.8 Å². The van der Waals surface area contributed by atoms with Crippen molar-refractivity contribution in [1.82, 2.24) is 4.98 Å². The van der Waals surface area contributed by atoms with E-state index in [9.17, 15) is 4.79 Å². The van der Waals surface area contributed by atoms with Crippen LogP contribution in [0.2, 0.25) is 0 Å². The number of nitrogens with zero attached hydrogens (tertiary/aromatic N) is 1. The van der Waals surface area contributed by atoms with Gasteiger partial charge in [-0.1, -0.05) is 0 Å². The lowest BCUT2D eigenvalue weighted by Crippen LogP contribution is -2.03. The Bertz CT molecular complexity index is 464. The highest BCUT2D eigenvalue weighted by Crippen LogP contribution is 2.25. The topological polar surface area (TPSA) is 39.2 Å². The zero-order valence-electron chi connectivity index (χ0n) is 7.69. The summed E-state index contributed by atoms with van der Waals surface area (Å²) in [6, 6.07) is 1.89. The van der Waals surface area contributed by atoms with Crippen LogP contribution in [0.5, 0.6) is 0 Å². The van der Waals surface area contributed by atoms with E-state index in [1.807, 2.05) is 11.4 Å². The molecule has 2 aromatic rings. The lowest BCUT2D eigenvalue weighted by atomic mass is 10.2. The first kappa shape index (κ1) is 9.15. The Kier molecular flexibility index (Phi) is 2.45. The van der Waals surface area contributed by atoms with Crippen LogP contribution >= 0.6 is 11.3 Å². The van der Waals surface area contributed by atoms with E-state index in [1.165, 1.54) is 11.3 Å². The molecule has 0 saturated carbocycles. The molecule has 0 atom stereocenters. The molecule has 0 saturated heterocycles. The van der Waals surface area contributed by atoms with Gasteiger partial charge in [0.05, 0.1) is 12.2 Å². The highest BCUT2D eigenvalue weighted by atomic mass is 32.1. The van der Waals surface area contributed by atoms with Crippen molar-refractivity contribution in [2.45, 2.75) is 6.92 Å². The molecular weight excluding hydrogens is 198 g/mol. The Balaban J connectivity index is 2.47. The van der Waals surface area contributed by atoms with E-state index in [1.54, 1.807) is 19.3 Å². The number of hydrogen-bond donors (Lipinski definition) is 0. The summed E-state index contributed by atoms with van der Waals surface area (Å²) >= 11 is 1.53. The van der Waals surface area contributed by atoms with Crippen molar-refractivity contribution in [2.24, 2.45) is 0 Å². The van der Waals surface area contributed by atoms with Crippen molar-refractivity contribution in [3.8, 4) is 0 Å². The molecule has 0 aromatic carbocycles. The summed E-state index contributed by atoms with van der Waals surface area (Å²) in [5.41, 5.74) is 0.611. The molecule has 0 unspecified atom stereocenters. The Morgan fingerprint density at radius 2 is 2.50 bits per heavy atom. The molecule has 0 radical (unpaired) electrons. The number of carbonyl (C=O) groups is 1. The van der Waals surface area contributed by atoms with Crippen LogP contribution in [0.25, 0.3) is 10.1 Å². The molecule has 0 aliphatic heterocycles. The summed E-state index contributed by atoms with van der Waals surface area (Å²) in [5, 5.41) is 2.68. The standard InChI is InChI=1S/C10H9NO2S/c1-2-13-10(12)8-6-14-9-3-4-11-5-7(8)9/h3-6H,2H2,1H3. The predicted molar refractivity (Wildman–Crippen MR) is 55.6 cm³/mol. The zero-order valence-corrected chi connectivity index (χ0v) is 8.50. The van der Waals surface area contributed by atoms with Gasteiger partial charge >= 0.3 is 5.97 Å². The third kappa shape index (κ3) is 1.48. The van der Waals surface area contributed by atoms with Gasteiger partial charge in [-0.3, -0.25) is 4.98 Å². The highest BCUT2D eigenvalue weighted by Gasteiger charge is 2.12. The number of rotatable bonds is 2. The van der Waals surface area contributed by atoms with E-state index >= 15 is 0 Å². The monoisotopic (exact) mass is 207 g/mol. The highest BCUT2D eigenvalue weighted by molar-refractivity contribution is 7.17. The molecule has 0 fully saturated rings. The number of hydrogen-bond acceptors (Lipinski definition) is 4. The molecule has 14 heavy (non-hydrogen) atoms. The molecule has 2 rings (SSSR count). The number of pyridine rings is 1. The summed E-state index contributed by atoms with van der Waals surface area (Å²) in [6.45, 7) is 2.20. The molecule has 0 amide bonds. The van der Waals surface area contributed by atoms with E-state index < -0.39 is 0 Å². The van der Waals surface area contributed by atoms with E-state index in [-0.39, 0.29) is 5.97 Å². The Hall–Kier alpha value is -1.42. The molecular formula is C10H9NO2S. The molecule has 4 heteroatoms. The Morgan fingerprint density at radius 1 is 1.64 bits per heavy atom. The SMILES string of the molecule is CCOC(=O)c1csc2ccncc12. The second-order valence-corrected chi connectivity index (χ2v) is 3.65. The van der Waals surface area contributed by atoms with Gasteiger partial charge in [-0.15, -0.1) is 11.3 Å². The Morgan fingerprint density at radius 3 is 3.29 bits per heavy atom. The molecule has 0 bridgehead atoms. The molecule has 0 aliphatic carbocycles. The van der Waals surface area contributed by atoms with Gasteiger partial charge in [0.1, 0.15) is 0 Å². The molecule has 72 valence electrons. The summed E-state index contributed by atoms with van der Waals surface area (Å²) in [7, 11) is 0. The van der Waals surface area contributed by atoms with Crippen LogP contribution in [0.1, 0.15) is 17.3 Å². The van der Waals surface area contributed by atoms with Crippen molar-refractivity contribution >= 4 is 27.4 Å². The molecule has 0 spiro atoms. The maximum Gasteiger partial charge on any atom is 0.339 e. The summed E-state index contributed by atoms with van der Waals surface area (Å²) < 4.78 is 5.99. The first-order valence-corrected chi connectivity index (χ1v) is 5.19. The van der Waals surface area contributed by atoms with Crippen LogP contribution < -0.4 is 0 Å². The molecule has 0 N–H and O–H groups in total. The zero-order chi connectivity index (χ0) is 9.97. The van der Waals surface area contributed by atoms with Crippen LogP contribution in [-0.2, 0) is 4.74 Å². The maximum absolute atomic E-state index is 11.5. The summed E-state index contributed by atoms with van der Waals surface area (Å²) in [4.78, 5) is 15.5. The lowest BCUT2D eigenvalue weighted by Gasteiger charge is -1.98. The fourth-order valence-corrected chi connectivity index (χ4v) is 2.14. The van der Waals surface area contributed by atoms with E-state index in [0.717, 1.165) is 10.1 Å². The van der Waals surface area contributed by atoms with Gasteiger partial charge in [0, 0.05) is 27.9 Å². The van der Waals surface area contributed by atoms with Crippen LogP contribution in [0.3, 0.4) is 0 Å². The Labute approximate surface area is 85.3 Å². The van der Waals surface area contributed by atoms with Crippen molar-refractivity contribution in [2.75, 3.05) is 6.61 Å². The third-order valence-corrected chi connectivity index (χ3v) is 2.83. The first-order valence-electron chi connectivity index (χ1n) is 4.31. The quantitative estimate of drug-likeness (QED) is 0.710. The normalized spacial score (nSPS) is 10.4. The van der Waals surface area contributed by atoms with Crippen LogP contribution in [0.4, 0.5) is 0 Å². The maximum atomic E-state index is 11.5. The number of ether oxygens (including phenoxy) is 1. The molecule has 2 aromatic heterocycles. The van der Waals surface area contributed by atoms with E-state index in [2.05, 4.69) is 4.98 Å². The van der Waals surface area contributed by atoms with Gasteiger partial charge in [-0.25, -0.2) is 4.79 Å². The minimum atomic E-state index is -0.272. The van der Waals surface area contributed by atoms with Crippen LogP contribution in [-0.4, -0.2) is 17.6 Å². The molecule has 2 heterocycles. The van der Waals surface area contributed by atoms with Gasteiger partial charge in [-0.2, -0.15) is 0 Å². The average Bonchev–Trinajstić information content (AvgIpc) is 2.61. The minimum Gasteiger partial charge on any atom is -0.462 e. The van der Waals surface area contributed by atoms with Gasteiger partial charge in [0.2, 0.25) is 0 Å². The number of esters is 1. The second-order valence-electron chi connectivity index (χ2n) is 2.74. The largest absolute Gasteiger partial charge is 0.462 e. The number of carbonyl (C=O) groups excluding carboxylic acids is 1. The van der Waals surface area contributed by atoms with Crippen molar-refractivity contribution in [3.05, 3.63) is 29.4 Å². The average molecular weight is 207 g/mol. The number of aromatic nitrogens is 1.